The van der Waals surface area contributed by atoms with Gasteiger partial charge in [-0.25, -0.2) is 0 Å². The Bertz CT molecular complexity index is 317. The van der Waals surface area contributed by atoms with Crippen molar-refractivity contribution in [2.75, 3.05) is 0 Å². The lowest BCUT2D eigenvalue weighted by Crippen LogP contribution is -2.24. The number of aliphatic hydroxyl groups is 2. The third-order valence-electron chi connectivity index (χ3n) is 2.02. The number of fused-ring (bicyclic) bond motifs is 1. The molecular weight excluding hydrogens is 152 g/mol. The second kappa shape index (κ2) is 2.44. The zero-order valence-corrected chi connectivity index (χ0v) is 6.57. The molecule has 2 aliphatic rings. The molecule has 0 saturated heterocycles. The smallest absolute Gasteiger partial charge is 0.203 e. The molecule has 0 unspecified atom stereocenters. The third-order valence-corrected chi connectivity index (χ3v) is 2.02. The van der Waals surface area contributed by atoms with E-state index in [9.17, 15) is 10.2 Å². The van der Waals surface area contributed by atoms with Gasteiger partial charge in [0.2, 0.25) is 5.79 Å². The summed E-state index contributed by atoms with van der Waals surface area (Å²) in [5.74, 6) is -1.75. The average Bonchev–Trinajstić information content (AvgIpc) is 2.02. The molecule has 0 saturated carbocycles. The fourth-order valence-corrected chi connectivity index (χ4v) is 1.41. The summed E-state index contributed by atoms with van der Waals surface area (Å²) in [5.41, 5.74) is 2.04. The molecule has 0 amide bonds. The van der Waals surface area contributed by atoms with Crippen LogP contribution in [0.4, 0.5) is 0 Å². The van der Waals surface area contributed by atoms with Gasteiger partial charge in [-0.2, -0.15) is 0 Å². The van der Waals surface area contributed by atoms with Gasteiger partial charge in [-0.3, -0.25) is 0 Å². The van der Waals surface area contributed by atoms with E-state index in [4.69, 9.17) is 0 Å². The van der Waals surface area contributed by atoms with Crippen LogP contribution in [0.3, 0.4) is 0 Å². The number of rotatable bonds is 0. The van der Waals surface area contributed by atoms with Gasteiger partial charge in [-0.1, -0.05) is 24.3 Å². The van der Waals surface area contributed by atoms with Gasteiger partial charge in [0.05, 0.1) is 0 Å². The Labute approximate surface area is 70.8 Å². The van der Waals surface area contributed by atoms with Gasteiger partial charge in [0.25, 0.3) is 0 Å². The quantitative estimate of drug-likeness (QED) is 0.523. The highest BCUT2D eigenvalue weighted by Crippen LogP contribution is 2.27. The first-order chi connectivity index (χ1) is 5.67. The Hall–Kier alpha value is -1.12. The molecule has 0 spiro atoms. The van der Waals surface area contributed by atoms with Crippen LogP contribution in [0.5, 0.6) is 0 Å². The number of hydrogen-bond donors (Lipinski definition) is 2. The summed E-state index contributed by atoms with van der Waals surface area (Å²) in [6, 6.07) is 0. The van der Waals surface area contributed by atoms with Crippen LogP contribution in [-0.2, 0) is 0 Å². The normalized spacial score (nSPS) is 24.5. The summed E-state index contributed by atoms with van der Waals surface area (Å²) in [6.07, 6.45) is 11.3. The summed E-state index contributed by atoms with van der Waals surface area (Å²) in [5, 5.41) is 18.5. The van der Waals surface area contributed by atoms with Gasteiger partial charge in [0.15, 0.2) is 0 Å². The molecule has 0 aliphatic heterocycles. The molecule has 0 atom stereocenters. The first-order valence-electron chi connectivity index (χ1n) is 3.90. The second-order valence-electron chi connectivity index (χ2n) is 3.04. The molecule has 2 heteroatoms. The van der Waals surface area contributed by atoms with Gasteiger partial charge in [0.1, 0.15) is 0 Å². The van der Waals surface area contributed by atoms with Crippen molar-refractivity contribution >= 4 is 0 Å². The van der Waals surface area contributed by atoms with Crippen molar-refractivity contribution in [3.63, 3.8) is 0 Å². The minimum absolute atomic E-state index is 0.777. The van der Waals surface area contributed by atoms with Gasteiger partial charge in [-0.05, 0) is 29.7 Å². The van der Waals surface area contributed by atoms with Crippen molar-refractivity contribution < 1.29 is 10.2 Å². The summed E-state index contributed by atoms with van der Waals surface area (Å²) >= 11 is 0. The van der Waals surface area contributed by atoms with Crippen molar-refractivity contribution in [3.8, 4) is 0 Å². The van der Waals surface area contributed by atoms with Crippen molar-refractivity contribution in [2.24, 2.45) is 0 Å². The first-order valence-corrected chi connectivity index (χ1v) is 3.90. The van der Waals surface area contributed by atoms with E-state index in [0.29, 0.717) is 0 Å². The van der Waals surface area contributed by atoms with Crippen molar-refractivity contribution in [1.29, 1.82) is 0 Å². The molecule has 0 bridgehead atoms. The van der Waals surface area contributed by atoms with Crippen LogP contribution in [0.15, 0.2) is 47.6 Å². The molecule has 0 fully saturated rings. The molecule has 0 aromatic carbocycles. The minimum atomic E-state index is -1.75. The maximum absolute atomic E-state index is 9.25. The van der Waals surface area contributed by atoms with E-state index < -0.39 is 5.79 Å². The van der Waals surface area contributed by atoms with Crippen molar-refractivity contribution in [1.82, 2.24) is 0 Å². The highest BCUT2D eigenvalue weighted by molar-refractivity contribution is 5.50. The van der Waals surface area contributed by atoms with Crippen molar-refractivity contribution in [3.05, 3.63) is 47.6 Å². The van der Waals surface area contributed by atoms with Gasteiger partial charge in [-0.15, -0.1) is 0 Å². The molecule has 2 nitrogen and oxygen atoms in total. The molecule has 0 radical (unpaired) electrons. The summed E-state index contributed by atoms with van der Waals surface area (Å²) < 4.78 is 0. The summed E-state index contributed by atoms with van der Waals surface area (Å²) in [6.45, 7) is 0. The molecule has 2 aliphatic carbocycles. The maximum atomic E-state index is 9.25. The molecule has 2 N–H and O–H groups in total. The fourth-order valence-electron chi connectivity index (χ4n) is 1.41. The lowest BCUT2D eigenvalue weighted by molar-refractivity contribution is -0.0753. The molecule has 0 heterocycles. The molecule has 2 rings (SSSR count). The van der Waals surface area contributed by atoms with E-state index >= 15 is 0 Å². The molecule has 62 valence electrons. The Kier molecular flexibility index (Phi) is 1.53. The van der Waals surface area contributed by atoms with Crippen LogP contribution >= 0.6 is 0 Å². The maximum Gasteiger partial charge on any atom is 0.203 e. The van der Waals surface area contributed by atoms with Crippen LogP contribution in [0.2, 0.25) is 0 Å². The lowest BCUT2D eigenvalue weighted by Gasteiger charge is -2.22. The first kappa shape index (κ1) is 7.53. The summed E-state index contributed by atoms with van der Waals surface area (Å²) in [7, 11) is 0. The van der Waals surface area contributed by atoms with Crippen LogP contribution in [-0.4, -0.2) is 16.0 Å². The van der Waals surface area contributed by atoms with Crippen molar-refractivity contribution in [2.45, 2.75) is 12.2 Å². The topological polar surface area (TPSA) is 40.5 Å². The number of allylic oxidation sites excluding steroid dienone is 6. The van der Waals surface area contributed by atoms with E-state index in [1.807, 2.05) is 18.2 Å². The Morgan fingerprint density at radius 1 is 1.33 bits per heavy atom. The Morgan fingerprint density at radius 3 is 3.00 bits per heavy atom. The monoisotopic (exact) mass is 162 g/mol. The average molecular weight is 162 g/mol. The highest BCUT2D eigenvalue weighted by atomic mass is 16.5. The van der Waals surface area contributed by atoms with E-state index in [2.05, 4.69) is 0 Å². The Balaban J connectivity index is 2.40. The van der Waals surface area contributed by atoms with Crippen LogP contribution < -0.4 is 0 Å². The Morgan fingerprint density at radius 2 is 2.17 bits per heavy atom. The van der Waals surface area contributed by atoms with Crippen LogP contribution in [0, 0.1) is 0 Å². The largest absolute Gasteiger partial charge is 0.359 e. The van der Waals surface area contributed by atoms with E-state index in [1.54, 1.807) is 6.08 Å². The predicted molar refractivity (Wildman–Crippen MR) is 46.2 cm³/mol. The summed E-state index contributed by atoms with van der Waals surface area (Å²) in [4.78, 5) is 0. The van der Waals surface area contributed by atoms with Gasteiger partial charge >= 0.3 is 0 Å². The number of hydrogen-bond acceptors (Lipinski definition) is 2. The minimum Gasteiger partial charge on any atom is -0.359 e. The lowest BCUT2D eigenvalue weighted by atomic mass is 9.91. The standard InChI is InChI=1S/C10H10O2/c11-10(12)6-5-8-3-1-2-4-9(8)7-10/h1-3,5-7,11-12H,4H2. The zero-order valence-electron chi connectivity index (χ0n) is 6.57. The predicted octanol–water partition coefficient (Wildman–Crippen LogP) is 1.05. The van der Waals surface area contributed by atoms with E-state index in [-0.39, 0.29) is 0 Å². The highest BCUT2D eigenvalue weighted by Gasteiger charge is 2.21. The van der Waals surface area contributed by atoms with Gasteiger partial charge in [0, 0.05) is 0 Å². The molecule has 0 aromatic heterocycles. The second-order valence-corrected chi connectivity index (χ2v) is 3.04. The third kappa shape index (κ3) is 1.26. The molecule has 12 heavy (non-hydrogen) atoms. The van der Waals surface area contributed by atoms with Crippen LogP contribution in [0.1, 0.15) is 6.42 Å². The van der Waals surface area contributed by atoms with Gasteiger partial charge < -0.3 is 10.2 Å². The van der Waals surface area contributed by atoms with Crippen LogP contribution in [0.25, 0.3) is 0 Å². The zero-order chi connectivity index (χ0) is 8.60. The van der Waals surface area contributed by atoms with E-state index in [1.165, 1.54) is 12.2 Å². The molecular formula is C10H10O2. The SMILES string of the molecule is OC1(O)C=CC2=CC=CCC2=C1. The fraction of sp³-hybridized carbons (Fsp3) is 0.200. The van der Waals surface area contributed by atoms with E-state index in [0.717, 1.165) is 17.6 Å². The molecule has 0 aromatic rings.